The van der Waals surface area contributed by atoms with Gasteiger partial charge in [-0.05, 0) is 145 Å². The highest BCUT2D eigenvalue weighted by atomic mass is 16.3. The Labute approximate surface area is 436 Å². The smallest absolute Gasteiger partial charge is 0.136 e. The van der Waals surface area contributed by atoms with Crippen LogP contribution in [0.15, 0.2) is 296 Å². The lowest BCUT2D eigenvalue weighted by Gasteiger charge is -2.28. The van der Waals surface area contributed by atoms with E-state index in [9.17, 15) is 0 Å². The molecule has 0 spiro atoms. The van der Waals surface area contributed by atoms with Crippen molar-refractivity contribution in [3.05, 3.63) is 291 Å². The van der Waals surface area contributed by atoms with Crippen LogP contribution in [0.1, 0.15) is 0 Å². The van der Waals surface area contributed by atoms with Gasteiger partial charge in [-0.15, -0.1) is 0 Å². The van der Waals surface area contributed by atoms with Crippen molar-refractivity contribution in [2.75, 3.05) is 9.80 Å². The topological polar surface area (TPSA) is 19.6 Å². The lowest BCUT2D eigenvalue weighted by Crippen LogP contribution is -2.11. The van der Waals surface area contributed by atoms with Crippen LogP contribution in [-0.2, 0) is 0 Å². The molecule has 0 aliphatic carbocycles. The van der Waals surface area contributed by atoms with Crippen molar-refractivity contribution in [3.8, 4) is 44.5 Å². The van der Waals surface area contributed by atoms with Gasteiger partial charge in [0, 0.05) is 44.3 Å². The third kappa shape index (κ3) is 8.04. The summed E-state index contributed by atoms with van der Waals surface area (Å²) >= 11 is 0. The van der Waals surface area contributed by atoms with E-state index in [1.807, 2.05) is 12.1 Å². The molecule has 0 amide bonds. The maximum Gasteiger partial charge on any atom is 0.136 e. The van der Waals surface area contributed by atoms with Crippen LogP contribution >= 0.6 is 0 Å². The van der Waals surface area contributed by atoms with Crippen LogP contribution in [0.5, 0.6) is 0 Å². The van der Waals surface area contributed by atoms with Crippen molar-refractivity contribution in [3.63, 3.8) is 0 Å². The molecule has 1 aromatic heterocycles. The predicted molar refractivity (Wildman–Crippen MR) is 317 cm³/mol. The van der Waals surface area contributed by atoms with Gasteiger partial charge in [0.2, 0.25) is 0 Å². The van der Waals surface area contributed by atoms with Crippen LogP contribution in [0.2, 0.25) is 0 Å². The Hall–Kier alpha value is -9.96. The van der Waals surface area contributed by atoms with Crippen molar-refractivity contribution in [1.29, 1.82) is 0 Å². The van der Waals surface area contributed by atoms with E-state index in [0.29, 0.717) is 0 Å². The Kier molecular flexibility index (Phi) is 10.8. The van der Waals surface area contributed by atoms with Crippen molar-refractivity contribution in [1.82, 2.24) is 0 Å². The van der Waals surface area contributed by atoms with Gasteiger partial charge in [-0.2, -0.15) is 0 Å². The molecule has 0 unspecified atom stereocenters. The van der Waals surface area contributed by atoms with Gasteiger partial charge in [-0.25, -0.2) is 0 Å². The van der Waals surface area contributed by atoms with Gasteiger partial charge in [0.25, 0.3) is 0 Å². The Morgan fingerprint density at radius 3 is 1.27 bits per heavy atom. The average Bonchev–Trinajstić information content (AvgIpc) is 3.87. The Bertz CT molecular complexity index is 4430. The SMILES string of the molecule is c1ccc(-c2ccc(-c3cccc(N(c4cccc(-c5cccc(N(c6ccc7cc(-c8cccc9oc%10ccccc%10c89)ccc7c6)c6cccc7ccccc67)c5)c4)c4cccc5ccccc45)c3)cc2)cc1. The highest BCUT2D eigenvalue weighted by Gasteiger charge is 2.20. The van der Waals surface area contributed by atoms with E-state index in [1.54, 1.807) is 0 Å². The molecule has 0 saturated heterocycles. The molecule has 0 N–H and O–H groups in total. The molecule has 13 aromatic carbocycles. The molecule has 0 aliphatic heterocycles. The summed E-state index contributed by atoms with van der Waals surface area (Å²) in [5.41, 5.74) is 17.7. The van der Waals surface area contributed by atoms with Crippen LogP contribution in [0.25, 0.3) is 98.8 Å². The van der Waals surface area contributed by atoms with Crippen LogP contribution in [-0.4, -0.2) is 0 Å². The summed E-state index contributed by atoms with van der Waals surface area (Å²) in [6, 6.07) is 105. The van der Waals surface area contributed by atoms with E-state index >= 15 is 0 Å². The van der Waals surface area contributed by atoms with Crippen LogP contribution < -0.4 is 9.80 Å². The number of nitrogens with zero attached hydrogens (tertiary/aromatic N) is 2. The zero-order valence-electron chi connectivity index (χ0n) is 41.0. The van der Waals surface area contributed by atoms with Gasteiger partial charge >= 0.3 is 0 Å². The molecular formula is C72H48N2O. The summed E-state index contributed by atoms with van der Waals surface area (Å²) in [4.78, 5) is 4.83. The van der Waals surface area contributed by atoms with Gasteiger partial charge < -0.3 is 14.2 Å². The number of para-hydroxylation sites is 1. The second-order valence-electron chi connectivity index (χ2n) is 19.3. The fourth-order valence-corrected chi connectivity index (χ4v) is 11.2. The first-order valence-corrected chi connectivity index (χ1v) is 25.6. The summed E-state index contributed by atoms with van der Waals surface area (Å²) in [6.45, 7) is 0. The molecule has 352 valence electrons. The first-order chi connectivity index (χ1) is 37.2. The van der Waals surface area contributed by atoms with E-state index in [2.05, 4.69) is 289 Å². The molecule has 0 bridgehead atoms. The first-order valence-electron chi connectivity index (χ1n) is 25.6. The van der Waals surface area contributed by atoms with E-state index < -0.39 is 0 Å². The zero-order valence-corrected chi connectivity index (χ0v) is 41.0. The molecule has 0 atom stereocenters. The Morgan fingerprint density at radius 2 is 0.640 bits per heavy atom. The zero-order chi connectivity index (χ0) is 49.7. The number of fused-ring (bicyclic) bond motifs is 6. The second kappa shape index (κ2) is 18.6. The summed E-state index contributed by atoms with van der Waals surface area (Å²) in [5, 5.41) is 9.37. The second-order valence-corrected chi connectivity index (χ2v) is 19.3. The maximum atomic E-state index is 6.29. The third-order valence-corrected chi connectivity index (χ3v) is 14.8. The minimum Gasteiger partial charge on any atom is -0.456 e. The molecule has 0 radical (unpaired) electrons. The summed E-state index contributed by atoms with van der Waals surface area (Å²) in [5.74, 6) is 0. The predicted octanol–water partition coefficient (Wildman–Crippen LogP) is 20.7. The van der Waals surface area contributed by atoms with Crippen molar-refractivity contribution in [2.45, 2.75) is 0 Å². The maximum absolute atomic E-state index is 6.29. The molecule has 3 heteroatoms. The average molecular weight is 957 g/mol. The van der Waals surface area contributed by atoms with Gasteiger partial charge in [-0.3, -0.25) is 0 Å². The number of furan rings is 1. The lowest BCUT2D eigenvalue weighted by molar-refractivity contribution is 0.669. The number of benzene rings is 13. The highest BCUT2D eigenvalue weighted by molar-refractivity contribution is 6.13. The molecule has 14 rings (SSSR count). The molecule has 0 fully saturated rings. The highest BCUT2D eigenvalue weighted by Crippen LogP contribution is 2.45. The molecule has 1 heterocycles. The van der Waals surface area contributed by atoms with Crippen LogP contribution in [0.3, 0.4) is 0 Å². The lowest BCUT2D eigenvalue weighted by atomic mass is 9.96. The Balaban J connectivity index is 0.866. The van der Waals surface area contributed by atoms with E-state index in [4.69, 9.17) is 4.42 Å². The molecule has 0 aliphatic rings. The van der Waals surface area contributed by atoms with E-state index in [-0.39, 0.29) is 0 Å². The summed E-state index contributed by atoms with van der Waals surface area (Å²) in [6.07, 6.45) is 0. The number of hydrogen-bond donors (Lipinski definition) is 0. The van der Waals surface area contributed by atoms with E-state index in [1.165, 1.54) is 49.2 Å². The van der Waals surface area contributed by atoms with Crippen LogP contribution in [0.4, 0.5) is 34.1 Å². The fraction of sp³-hybridized carbons (Fsp3) is 0. The molecular weight excluding hydrogens is 909 g/mol. The van der Waals surface area contributed by atoms with E-state index in [0.717, 1.165) is 83.7 Å². The van der Waals surface area contributed by atoms with Crippen LogP contribution in [0, 0.1) is 0 Å². The minimum atomic E-state index is 0.901. The standard InChI is InChI=1S/C72H48N2O/c1-2-16-49(17-3-1)50-36-38-51(39-37-50)54-22-10-25-60(45-54)73(68-32-13-20-52-18-4-6-28-64(52)68)61-26-11-23-55(46-61)56-24-12-27-62(47-56)74(69-33-14-21-53-19-5-7-29-65(53)69)63-43-42-57-44-59(41-40-58(57)48-63)66-31-15-35-71-72(66)67-30-8-9-34-70(67)75-71/h1-48H. The summed E-state index contributed by atoms with van der Waals surface area (Å²) in [7, 11) is 0. The first kappa shape index (κ1) is 43.8. The number of rotatable bonds is 10. The fourth-order valence-electron chi connectivity index (χ4n) is 11.2. The molecule has 3 nitrogen and oxygen atoms in total. The number of anilines is 6. The monoisotopic (exact) mass is 956 g/mol. The number of hydrogen-bond acceptors (Lipinski definition) is 3. The van der Waals surface area contributed by atoms with Crippen molar-refractivity contribution < 1.29 is 4.42 Å². The largest absolute Gasteiger partial charge is 0.456 e. The normalized spacial score (nSPS) is 11.5. The van der Waals surface area contributed by atoms with Gasteiger partial charge in [-0.1, -0.05) is 212 Å². The van der Waals surface area contributed by atoms with Gasteiger partial charge in [0.15, 0.2) is 0 Å². The quantitative estimate of drug-likeness (QED) is 0.136. The van der Waals surface area contributed by atoms with Gasteiger partial charge in [0.1, 0.15) is 11.2 Å². The molecule has 75 heavy (non-hydrogen) atoms. The van der Waals surface area contributed by atoms with Crippen molar-refractivity contribution in [2.24, 2.45) is 0 Å². The minimum absolute atomic E-state index is 0.901. The molecule has 0 saturated carbocycles. The van der Waals surface area contributed by atoms with Gasteiger partial charge in [0.05, 0.1) is 11.4 Å². The third-order valence-electron chi connectivity index (χ3n) is 14.8. The summed E-state index contributed by atoms with van der Waals surface area (Å²) < 4.78 is 6.29. The Morgan fingerprint density at radius 1 is 0.227 bits per heavy atom. The van der Waals surface area contributed by atoms with Crippen molar-refractivity contribution >= 4 is 88.4 Å². The molecule has 14 aromatic rings.